The van der Waals surface area contributed by atoms with Gasteiger partial charge in [0.15, 0.2) is 50.4 Å². The number of thiol groups is 1. The Labute approximate surface area is 257 Å². The van der Waals surface area contributed by atoms with Gasteiger partial charge < -0.3 is 43.8 Å². The zero-order chi connectivity index (χ0) is 30.6. The second-order valence-electron chi connectivity index (χ2n) is 10.5. The van der Waals surface area contributed by atoms with E-state index in [-0.39, 0.29) is 51.1 Å². The molecular formula is C23H30N10O8P2S. The molecule has 44 heavy (non-hydrogen) atoms. The monoisotopic (exact) mass is 668 g/mol. The summed E-state index contributed by atoms with van der Waals surface area (Å²) in [7, 11) is -0.497. The molecular weight excluding hydrogens is 638 g/mol. The molecule has 0 saturated carbocycles. The van der Waals surface area contributed by atoms with Crippen molar-refractivity contribution in [2.45, 2.75) is 56.3 Å². The number of methoxy groups -OCH3 is 1. The number of H-pyrrole nitrogens is 1. The van der Waals surface area contributed by atoms with Crippen molar-refractivity contribution in [2.75, 3.05) is 31.8 Å². The van der Waals surface area contributed by atoms with Gasteiger partial charge in [0.25, 0.3) is 5.56 Å². The fourth-order valence-corrected chi connectivity index (χ4v) is 7.88. The molecule has 0 aliphatic carbocycles. The van der Waals surface area contributed by atoms with Crippen LogP contribution in [0.15, 0.2) is 23.8 Å². The van der Waals surface area contributed by atoms with Gasteiger partial charge in [-0.25, -0.2) is 19.9 Å². The van der Waals surface area contributed by atoms with Gasteiger partial charge in [0.2, 0.25) is 13.5 Å². The maximum atomic E-state index is 12.4. The summed E-state index contributed by atoms with van der Waals surface area (Å²) in [5, 5.41) is 0. The highest BCUT2D eigenvalue weighted by Crippen LogP contribution is 2.53. The van der Waals surface area contributed by atoms with Crippen LogP contribution in [0, 0.1) is 5.92 Å². The van der Waals surface area contributed by atoms with Gasteiger partial charge in [-0.1, -0.05) is 19.2 Å². The number of imidazole rings is 2. The predicted molar refractivity (Wildman–Crippen MR) is 160 cm³/mol. The molecule has 236 valence electrons. The highest BCUT2D eigenvalue weighted by atomic mass is 32.7. The zero-order valence-corrected chi connectivity index (χ0v) is 26.3. The van der Waals surface area contributed by atoms with E-state index in [1.807, 2.05) is 6.92 Å². The number of nitrogens with zero attached hydrogens (tertiary/aromatic N) is 7. The molecule has 7 rings (SSSR count). The van der Waals surface area contributed by atoms with Crippen molar-refractivity contribution in [2.24, 2.45) is 5.92 Å². The lowest BCUT2D eigenvalue weighted by Gasteiger charge is -2.34. The maximum absolute atomic E-state index is 12.4. The molecule has 4 aromatic rings. The third-order valence-corrected chi connectivity index (χ3v) is 10.2. The minimum absolute atomic E-state index is 0.0485. The van der Waals surface area contributed by atoms with Crippen molar-refractivity contribution in [3.8, 4) is 0 Å². The van der Waals surface area contributed by atoms with Crippen LogP contribution in [0.3, 0.4) is 0 Å². The van der Waals surface area contributed by atoms with Crippen LogP contribution in [-0.4, -0.2) is 83.5 Å². The van der Waals surface area contributed by atoms with E-state index < -0.39 is 49.7 Å². The summed E-state index contributed by atoms with van der Waals surface area (Å²) >= 11 is 4.66. The number of aromatic nitrogens is 8. The van der Waals surface area contributed by atoms with E-state index in [0.29, 0.717) is 24.0 Å². The highest BCUT2D eigenvalue weighted by Gasteiger charge is 2.56. The first-order chi connectivity index (χ1) is 21.3. The Balaban J connectivity index is 1.17. The first-order valence-corrected chi connectivity index (χ1v) is 16.8. The van der Waals surface area contributed by atoms with Crippen molar-refractivity contribution in [1.82, 2.24) is 39.0 Å². The molecule has 3 unspecified atom stereocenters. The second kappa shape index (κ2) is 12.0. The molecule has 0 spiro atoms. The molecule has 4 aromatic heterocycles. The number of hydrogen-bond acceptors (Lipinski definition) is 16. The summed E-state index contributed by atoms with van der Waals surface area (Å²) in [5.74, 6) is -0.0701. The number of nitrogens with two attached hydrogens (primary N) is 2. The Morgan fingerprint density at radius 1 is 1.18 bits per heavy atom. The van der Waals surface area contributed by atoms with Crippen LogP contribution in [0.1, 0.15) is 32.2 Å². The summed E-state index contributed by atoms with van der Waals surface area (Å²) in [6.45, 7) is 2.37. The van der Waals surface area contributed by atoms with E-state index in [4.69, 9.17) is 43.8 Å². The van der Waals surface area contributed by atoms with Crippen molar-refractivity contribution in [3.63, 3.8) is 0 Å². The summed E-state index contributed by atoms with van der Waals surface area (Å²) < 4.78 is 47.0. The van der Waals surface area contributed by atoms with E-state index in [2.05, 4.69) is 42.2 Å². The molecule has 0 aromatic carbocycles. The molecule has 5 N–H and O–H groups in total. The number of nitrogen functional groups attached to an aromatic ring is 2. The topological polar surface area (TPSA) is 224 Å². The van der Waals surface area contributed by atoms with E-state index in [1.54, 1.807) is 22.6 Å². The lowest BCUT2D eigenvalue weighted by molar-refractivity contribution is -0.120. The van der Waals surface area contributed by atoms with E-state index in [9.17, 15) is 4.79 Å². The van der Waals surface area contributed by atoms with Crippen LogP contribution in [0.5, 0.6) is 0 Å². The molecule has 3 fully saturated rings. The Morgan fingerprint density at radius 3 is 2.77 bits per heavy atom. The number of hydrogen-bond donors (Lipinski definition) is 4. The number of anilines is 2. The van der Waals surface area contributed by atoms with Gasteiger partial charge in [-0.15, -0.1) is 0 Å². The number of ether oxygens (including phenoxy) is 3. The molecule has 0 amide bonds. The summed E-state index contributed by atoms with van der Waals surface area (Å²) in [6.07, 6.45) is 2.21. The van der Waals surface area contributed by atoms with Crippen molar-refractivity contribution >= 4 is 63.0 Å². The number of nitrogens with one attached hydrogen (secondary N) is 1. The number of aromatic amines is 1. The molecule has 2 bridgehead atoms. The van der Waals surface area contributed by atoms with E-state index >= 15 is 0 Å². The average Bonchev–Trinajstić information content (AvgIpc) is 3.77. The second-order valence-corrected chi connectivity index (χ2v) is 13.1. The van der Waals surface area contributed by atoms with Crippen LogP contribution >= 0.6 is 28.9 Å². The number of rotatable bonds is 4. The van der Waals surface area contributed by atoms with Crippen LogP contribution in [0.4, 0.5) is 11.8 Å². The van der Waals surface area contributed by atoms with Crippen molar-refractivity contribution < 1.29 is 32.3 Å². The maximum Gasteiger partial charge on any atom is 0.280 e. The normalized spacial score (nSPS) is 33.8. The molecule has 7 heterocycles. The standard InChI is InChI=1S/C23H30N10O8P2S/c1-3-23-6-37-43(44)41-11-4-12(38-20(11)33-9-29-14-18(33)30-22(25)31-19(14)34)40-42-36-5-10(23)15(35-2)21(39-23)32-8-28-13-16(24)26-7-27-17(13)32/h7-12,15,20-21,42,44H,3-6H2,1-2H3,(H2,24,26,27)(H3,25,30,31,34)/t10-,11-,12?,15+,20+,21+,23+,43?/m0/s1. The summed E-state index contributed by atoms with van der Waals surface area (Å²) in [6, 6.07) is 0. The molecule has 3 aliphatic heterocycles. The van der Waals surface area contributed by atoms with Crippen LogP contribution < -0.4 is 17.0 Å². The first kappa shape index (κ1) is 30.1. The third kappa shape index (κ3) is 5.14. The molecule has 3 aliphatic rings. The minimum atomic E-state index is -1.75. The SMILES string of the molecule is CC[C@@]12COP(S)O[C@H]3CC(OPOC[C@H]1[C@@H](OC)[C@H](n1cnc4c(N)ncnc41)O2)O[C@H]3n1cnc2c(=O)[nH]c(N)nc21. The Bertz CT molecular complexity index is 1730. The van der Waals surface area contributed by atoms with Gasteiger partial charge in [0, 0.05) is 19.4 Å². The molecule has 3 saturated heterocycles. The number of fused-ring (bicyclic) bond motifs is 5. The molecule has 18 nitrogen and oxygen atoms in total. The third-order valence-electron chi connectivity index (χ3n) is 8.15. The average molecular weight is 669 g/mol. The predicted octanol–water partition coefficient (Wildman–Crippen LogP) is 1.79. The highest BCUT2D eigenvalue weighted by molar-refractivity contribution is 8.41. The minimum Gasteiger partial charge on any atom is -0.382 e. The van der Waals surface area contributed by atoms with Gasteiger partial charge in [0.1, 0.15) is 29.7 Å². The zero-order valence-electron chi connectivity index (χ0n) is 23.5. The molecule has 9 atom stereocenters. The Morgan fingerprint density at radius 2 is 1.98 bits per heavy atom. The first-order valence-electron chi connectivity index (χ1n) is 13.6. The smallest absolute Gasteiger partial charge is 0.280 e. The molecule has 0 radical (unpaired) electrons. The van der Waals surface area contributed by atoms with Gasteiger partial charge in [0.05, 0.1) is 25.9 Å². The lowest BCUT2D eigenvalue weighted by atomic mass is 9.84. The summed E-state index contributed by atoms with van der Waals surface area (Å²) in [5.41, 5.74) is 11.9. The van der Waals surface area contributed by atoms with Crippen molar-refractivity contribution in [1.29, 1.82) is 0 Å². The van der Waals surface area contributed by atoms with Gasteiger partial charge in [-0.3, -0.25) is 18.9 Å². The summed E-state index contributed by atoms with van der Waals surface area (Å²) in [4.78, 5) is 36.1. The van der Waals surface area contributed by atoms with Crippen LogP contribution in [0.25, 0.3) is 22.3 Å². The Hall–Kier alpha value is -2.57. The largest absolute Gasteiger partial charge is 0.382 e. The van der Waals surface area contributed by atoms with E-state index in [1.165, 1.54) is 12.7 Å². The fourth-order valence-electron chi connectivity index (χ4n) is 5.95. The van der Waals surface area contributed by atoms with Gasteiger partial charge in [-0.2, -0.15) is 4.98 Å². The van der Waals surface area contributed by atoms with Crippen LogP contribution in [-0.2, 0) is 32.3 Å². The molecule has 21 heteroatoms. The quantitative estimate of drug-likeness (QED) is 0.180. The lowest BCUT2D eigenvalue weighted by Crippen LogP contribution is -2.44. The van der Waals surface area contributed by atoms with Gasteiger partial charge in [-0.05, 0) is 6.42 Å². The van der Waals surface area contributed by atoms with Gasteiger partial charge >= 0.3 is 0 Å². The Kier molecular flexibility index (Phi) is 8.20. The van der Waals surface area contributed by atoms with E-state index in [0.717, 1.165) is 0 Å². The van der Waals surface area contributed by atoms with Crippen molar-refractivity contribution in [3.05, 3.63) is 29.3 Å². The fraction of sp³-hybridized carbons (Fsp3) is 0.565. The van der Waals surface area contributed by atoms with Crippen LogP contribution in [0.2, 0.25) is 0 Å².